The number of halogens is 4. The molecule has 1 aliphatic heterocycles. The molecule has 0 aromatic heterocycles. The zero-order valence-corrected chi connectivity index (χ0v) is 21.0. The van der Waals surface area contributed by atoms with Crippen LogP contribution in [0.25, 0.3) is 33.4 Å². The van der Waals surface area contributed by atoms with E-state index >= 15 is 0 Å². The maximum absolute atomic E-state index is 12.6. The van der Waals surface area contributed by atoms with Crippen molar-refractivity contribution in [3.05, 3.63) is 72.3 Å². The quantitative estimate of drug-likeness (QED) is 0.137. The number of rotatable bonds is 2. The molecular formula is C21H9Cl4NaO5. The molecule has 2 aromatic carbocycles. The van der Waals surface area contributed by atoms with Gasteiger partial charge in [0.05, 0.1) is 32.8 Å². The Morgan fingerprint density at radius 2 is 1.61 bits per heavy atom. The fourth-order valence-corrected chi connectivity index (χ4v) is 4.30. The molecule has 0 N–H and O–H groups in total. The number of carbonyl (C=O) groups is 1. The van der Waals surface area contributed by atoms with Gasteiger partial charge in [0.2, 0.25) is 0 Å². The number of hydrogen-bond acceptors (Lipinski definition) is 5. The SMILES string of the molecule is COC(=O)c1c(Cl)c(Cl)c(Cl)c(Cl)c1-c1c2ccc(=O)cc-2oc2cc([O-])ccc12.[Na+]. The second-order valence-electron chi connectivity index (χ2n) is 6.29. The number of esters is 1. The summed E-state index contributed by atoms with van der Waals surface area (Å²) in [5, 5.41) is 12.0. The zero-order valence-electron chi connectivity index (χ0n) is 16.0. The van der Waals surface area contributed by atoms with E-state index in [4.69, 9.17) is 55.6 Å². The van der Waals surface area contributed by atoms with Crippen LogP contribution in [0.5, 0.6) is 5.75 Å². The summed E-state index contributed by atoms with van der Waals surface area (Å²) >= 11 is 25.3. The minimum atomic E-state index is -0.793. The Labute approximate surface area is 218 Å². The van der Waals surface area contributed by atoms with Gasteiger partial charge in [-0.25, -0.2) is 4.79 Å². The Kier molecular flexibility index (Phi) is 7.18. The van der Waals surface area contributed by atoms with Gasteiger partial charge in [-0.05, 0) is 18.2 Å². The molecule has 1 aliphatic carbocycles. The fourth-order valence-electron chi connectivity index (χ4n) is 3.28. The zero-order chi connectivity index (χ0) is 21.7. The molecule has 5 nitrogen and oxygen atoms in total. The molecule has 10 heteroatoms. The number of fused-ring (bicyclic) bond motifs is 2. The number of carbonyl (C=O) groups excluding carboxylic acids is 1. The molecule has 0 saturated heterocycles. The van der Waals surface area contributed by atoms with Crippen molar-refractivity contribution in [1.82, 2.24) is 0 Å². The first kappa shape index (κ1) is 24.2. The summed E-state index contributed by atoms with van der Waals surface area (Å²) in [6.07, 6.45) is 0. The normalized spacial score (nSPS) is 10.9. The van der Waals surface area contributed by atoms with Crippen molar-refractivity contribution in [2.45, 2.75) is 0 Å². The molecule has 0 radical (unpaired) electrons. The summed E-state index contributed by atoms with van der Waals surface area (Å²) < 4.78 is 10.7. The largest absolute Gasteiger partial charge is 1.00 e. The van der Waals surface area contributed by atoms with Crippen LogP contribution in [0, 0.1) is 0 Å². The van der Waals surface area contributed by atoms with Gasteiger partial charge in [0, 0.05) is 28.1 Å². The number of benzene rings is 3. The van der Waals surface area contributed by atoms with Crippen molar-refractivity contribution in [1.29, 1.82) is 0 Å². The topological polar surface area (TPSA) is 79.6 Å². The second-order valence-corrected chi connectivity index (χ2v) is 7.80. The van der Waals surface area contributed by atoms with E-state index in [0.717, 1.165) is 0 Å². The molecule has 0 bridgehead atoms. The molecule has 2 aliphatic rings. The van der Waals surface area contributed by atoms with E-state index < -0.39 is 5.97 Å². The molecule has 2 aromatic rings. The van der Waals surface area contributed by atoms with Crippen LogP contribution in [0.2, 0.25) is 20.1 Å². The van der Waals surface area contributed by atoms with Gasteiger partial charge < -0.3 is 14.3 Å². The third-order valence-corrected chi connectivity index (χ3v) is 6.37. The Balaban J connectivity index is 0.00000272. The first-order valence-corrected chi connectivity index (χ1v) is 9.88. The standard InChI is InChI=1S/C21H10Cl4O5.Na/c1-29-21(28)16-15(17(22)19(24)20(25)18(16)23)14-10-4-2-8(26)6-12(10)30-13-7-9(27)3-5-11(13)14;/h2-7,26H,1H3;/q;+1/p-1. The first-order chi connectivity index (χ1) is 14.2. The van der Waals surface area contributed by atoms with Crippen LogP contribution < -0.4 is 40.1 Å². The Hall–Kier alpha value is -1.44. The number of hydrogen-bond donors (Lipinski definition) is 0. The van der Waals surface area contributed by atoms with Crippen LogP contribution in [-0.2, 0) is 4.74 Å². The molecule has 31 heavy (non-hydrogen) atoms. The number of methoxy groups -OCH3 is 1. The second kappa shape index (κ2) is 9.20. The minimum Gasteiger partial charge on any atom is -0.872 e. The van der Waals surface area contributed by atoms with Gasteiger partial charge in [0.15, 0.2) is 5.43 Å². The van der Waals surface area contributed by atoms with E-state index in [9.17, 15) is 14.7 Å². The molecular weight excluding hydrogens is 497 g/mol. The van der Waals surface area contributed by atoms with Gasteiger partial charge in [-0.3, -0.25) is 4.79 Å². The summed E-state index contributed by atoms with van der Waals surface area (Å²) in [5.41, 5.74) is 0.751. The summed E-state index contributed by atoms with van der Waals surface area (Å²) in [5.74, 6) is -0.913. The van der Waals surface area contributed by atoms with Crippen molar-refractivity contribution in [2.24, 2.45) is 0 Å². The van der Waals surface area contributed by atoms with Crippen LogP contribution in [0.1, 0.15) is 10.4 Å². The van der Waals surface area contributed by atoms with Gasteiger partial charge in [-0.15, -0.1) is 5.75 Å². The predicted octanol–water partition coefficient (Wildman–Crippen LogP) is 3.04. The van der Waals surface area contributed by atoms with Crippen LogP contribution in [0.3, 0.4) is 0 Å². The van der Waals surface area contributed by atoms with Crippen LogP contribution in [-0.4, -0.2) is 13.1 Å². The van der Waals surface area contributed by atoms with Gasteiger partial charge in [-0.2, -0.15) is 0 Å². The molecule has 0 fully saturated rings. The Bertz CT molecular complexity index is 1380. The average Bonchev–Trinajstić information content (AvgIpc) is 2.72. The Morgan fingerprint density at radius 3 is 2.29 bits per heavy atom. The monoisotopic (exact) mass is 504 g/mol. The van der Waals surface area contributed by atoms with E-state index in [-0.39, 0.29) is 83.3 Å². The van der Waals surface area contributed by atoms with E-state index in [2.05, 4.69) is 0 Å². The first-order valence-electron chi connectivity index (χ1n) is 8.36. The van der Waals surface area contributed by atoms with Crippen molar-refractivity contribution in [3.63, 3.8) is 0 Å². The third-order valence-electron chi connectivity index (χ3n) is 4.57. The molecule has 0 atom stereocenters. The van der Waals surface area contributed by atoms with E-state index in [1.807, 2.05) is 0 Å². The van der Waals surface area contributed by atoms with Crippen LogP contribution in [0.15, 0.2) is 45.6 Å². The van der Waals surface area contributed by atoms with Gasteiger partial charge in [-0.1, -0.05) is 58.5 Å². The third kappa shape index (κ3) is 4.05. The van der Waals surface area contributed by atoms with E-state index in [1.165, 1.54) is 43.5 Å². The summed E-state index contributed by atoms with van der Waals surface area (Å²) in [6, 6.07) is 8.24. The maximum Gasteiger partial charge on any atom is 1.00 e. The van der Waals surface area contributed by atoms with Crippen molar-refractivity contribution >= 4 is 63.3 Å². The van der Waals surface area contributed by atoms with Crippen molar-refractivity contribution in [2.75, 3.05) is 7.11 Å². The fraction of sp³-hybridized carbons (Fsp3) is 0.0476. The van der Waals surface area contributed by atoms with Crippen molar-refractivity contribution in [3.8, 4) is 28.2 Å². The molecule has 0 saturated carbocycles. The maximum atomic E-state index is 12.6. The molecule has 0 amide bonds. The Morgan fingerprint density at radius 1 is 0.935 bits per heavy atom. The van der Waals surface area contributed by atoms with Crippen molar-refractivity contribution < 1.29 is 48.6 Å². The molecule has 152 valence electrons. The molecule has 0 spiro atoms. The minimum absolute atomic E-state index is 0. The molecule has 0 unspecified atom stereocenters. The predicted molar refractivity (Wildman–Crippen MR) is 115 cm³/mol. The van der Waals surface area contributed by atoms with Gasteiger partial charge in [0.25, 0.3) is 0 Å². The summed E-state index contributed by atoms with van der Waals surface area (Å²) in [4.78, 5) is 24.5. The average molecular weight is 506 g/mol. The summed E-state index contributed by atoms with van der Waals surface area (Å²) in [6.45, 7) is 0. The van der Waals surface area contributed by atoms with E-state index in [0.29, 0.717) is 16.5 Å². The van der Waals surface area contributed by atoms with Crippen LogP contribution >= 0.6 is 46.4 Å². The summed E-state index contributed by atoms with van der Waals surface area (Å²) in [7, 11) is 1.18. The van der Waals surface area contributed by atoms with E-state index in [1.54, 1.807) is 0 Å². The molecule has 1 heterocycles. The molecule has 4 rings (SSSR count). The van der Waals surface area contributed by atoms with Crippen LogP contribution in [0.4, 0.5) is 0 Å². The number of ether oxygens (including phenoxy) is 1. The van der Waals surface area contributed by atoms with Gasteiger partial charge >= 0.3 is 35.5 Å². The smallest absolute Gasteiger partial charge is 0.872 e. The van der Waals surface area contributed by atoms with Gasteiger partial charge in [0.1, 0.15) is 11.3 Å².